The Labute approximate surface area is 123 Å². The van der Waals surface area contributed by atoms with E-state index in [9.17, 15) is 0 Å². The highest BCUT2D eigenvalue weighted by Gasteiger charge is 2.26. The molecule has 20 heavy (non-hydrogen) atoms. The van der Waals surface area contributed by atoms with Crippen LogP contribution in [0, 0.1) is 0 Å². The minimum Gasteiger partial charge on any atom is -0.382 e. The van der Waals surface area contributed by atoms with Gasteiger partial charge in [-0.1, -0.05) is 0 Å². The molecule has 2 atom stereocenters. The molecule has 0 aromatic heterocycles. The number of nitrogens with one attached hydrogen (secondary N) is 1. The van der Waals surface area contributed by atoms with Crippen LogP contribution in [0.15, 0.2) is 0 Å². The first-order valence-electron chi connectivity index (χ1n) is 7.56. The van der Waals surface area contributed by atoms with E-state index in [2.05, 4.69) is 26.1 Å². The van der Waals surface area contributed by atoms with Crippen LogP contribution in [0.5, 0.6) is 0 Å². The highest BCUT2D eigenvalue weighted by atomic mass is 16.6. The van der Waals surface area contributed by atoms with Crippen LogP contribution >= 0.6 is 0 Å². The van der Waals surface area contributed by atoms with E-state index in [1.54, 1.807) is 7.11 Å². The lowest BCUT2D eigenvalue weighted by Crippen LogP contribution is -2.41. The predicted octanol–water partition coefficient (Wildman–Crippen LogP) is 1.60. The van der Waals surface area contributed by atoms with Crippen LogP contribution in [-0.4, -0.2) is 64.4 Å². The van der Waals surface area contributed by atoms with Crippen LogP contribution in [-0.2, 0) is 18.9 Å². The number of hydrogen-bond acceptors (Lipinski definition) is 5. The fourth-order valence-electron chi connectivity index (χ4n) is 2.05. The Hall–Kier alpha value is -0.200. The van der Waals surface area contributed by atoms with E-state index >= 15 is 0 Å². The Morgan fingerprint density at radius 2 is 1.65 bits per heavy atom. The Bertz CT molecular complexity index is 243. The van der Waals surface area contributed by atoms with Crippen molar-refractivity contribution in [2.45, 2.75) is 51.4 Å². The third-order valence-corrected chi connectivity index (χ3v) is 3.16. The zero-order chi connectivity index (χ0) is 14.8. The van der Waals surface area contributed by atoms with Crippen LogP contribution in [0.25, 0.3) is 0 Å². The molecule has 2 unspecified atom stereocenters. The number of rotatable bonds is 10. The molecule has 120 valence electrons. The highest BCUT2D eigenvalue weighted by molar-refractivity contribution is 4.79. The van der Waals surface area contributed by atoms with E-state index in [0.717, 1.165) is 19.4 Å². The molecule has 0 aromatic carbocycles. The lowest BCUT2D eigenvalue weighted by molar-refractivity contribution is -0.0327. The van der Waals surface area contributed by atoms with Crippen molar-refractivity contribution in [1.82, 2.24) is 5.32 Å². The molecule has 1 fully saturated rings. The molecule has 0 aromatic rings. The largest absolute Gasteiger partial charge is 0.382 e. The van der Waals surface area contributed by atoms with E-state index in [1.165, 1.54) is 0 Å². The molecular formula is C15H31NO4. The molecule has 0 amide bonds. The maximum atomic E-state index is 5.95. The Balaban J connectivity index is 1.96. The molecule has 0 saturated carbocycles. The summed E-state index contributed by atoms with van der Waals surface area (Å²) in [6.45, 7) is 10.6. The number of ether oxygens (including phenoxy) is 4. The fourth-order valence-corrected chi connectivity index (χ4v) is 2.05. The minimum absolute atomic E-state index is 0.150. The predicted molar refractivity (Wildman–Crippen MR) is 79.2 cm³/mol. The van der Waals surface area contributed by atoms with Gasteiger partial charge in [0.15, 0.2) is 0 Å². The number of hydrogen-bond donors (Lipinski definition) is 1. The monoisotopic (exact) mass is 289 g/mol. The molecule has 0 radical (unpaired) electrons. The van der Waals surface area contributed by atoms with Gasteiger partial charge in [0.25, 0.3) is 0 Å². The van der Waals surface area contributed by atoms with E-state index in [1.807, 2.05) is 0 Å². The summed E-state index contributed by atoms with van der Waals surface area (Å²) in [5, 5.41) is 3.48. The van der Waals surface area contributed by atoms with Gasteiger partial charge in [0.2, 0.25) is 0 Å². The second-order valence-corrected chi connectivity index (χ2v) is 6.27. The molecule has 1 aliphatic heterocycles. The van der Waals surface area contributed by atoms with Gasteiger partial charge in [-0.2, -0.15) is 0 Å². The fraction of sp³-hybridized carbons (Fsp3) is 1.00. The van der Waals surface area contributed by atoms with Crippen molar-refractivity contribution >= 4 is 0 Å². The van der Waals surface area contributed by atoms with Gasteiger partial charge in [0.05, 0.1) is 45.2 Å². The summed E-state index contributed by atoms with van der Waals surface area (Å²) in [5.74, 6) is 0. The Morgan fingerprint density at radius 1 is 1.00 bits per heavy atom. The third-order valence-electron chi connectivity index (χ3n) is 3.16. The maximum absolute atomic E-state index is 5.95. The van der Waals surface area contributed by atoms with Crippen molar-refractivity contribution in [3.8, 4) is 0 Å². The molecular weight excluding hydrogens is 258 g/mol. The Morgan fingerprint density at radius 3 is 2.35 bits per heavy atom. The van der Waals surface area contributed by atoms with Crippen molar-refractivity contribution < 1.29 is 18.9 Å². The lowest BCUT2D eigenvalue weighted by Gasteiger charge is -2.23. The van der Waals surface area contributed by atoms with Crippen molar-refractivity contribution in [3.05, 3.63) is 0 Å². The summed E-state index contributed by atoms with van der Waals surface area (Å²) in [6, 6.07) is 0. The first kappa shape index (κ1) is 17.9. The van der Waals surface area contributed by atoms with Gasteiger partial charge >= 0.3 is 0 Å². The number of methoxy groups -OCH3 is 1. The molecule has 5 heteroatoms. The van der Waals surface area contributed by atoms with Gasteiger partial charge < -0.3 is 24.3 Å². The van der Waals surface area contributed by atoms with Crippen molar-refractivity contribution in [2.24, 2.45) is 0 Å². The molecule has 1 aliphatic rings. The van der Waals surface area contributed by atoms with E-state index in [-0.39, 0.29) is 11.6 Å². The zero-order valence-electron chi connectivity index (χ0n) is 13.4. The van der Waals surface area contributed by atoms with Gasteiger partial charge in [0.1, 0.15) is 0 Å². The summed E-state index contributed by atoms with van der Waals surface area (Å²) in [4.78, 5) is 0. The van der Waals surface area contributed by atoms with Gasteiger partial charge in [-0.05, 0) is 33.6 Å². The van der Waals surface area contributed by atoms with Crippen molar-refractivity contribution in [3.63, 3.8) is 0 Å². The summed E-state index contributed by atoms with van der Waals surface area (Å²) in [7, 11) is 1.67. The van der Waals surface area contributed by atoms with E-state index in [4.69, 9.17) is 18.9 Å². The normalized spacial score (nSPS) is 23.4. The Kier molecular flexibility index (Phi) is 8.64. The maximum Gasteiger partial charge on any atom is 0.0813 e. The average molecular weight is 289 g/mol. The smallest absolute Gasteiger partial charge is 0.0813 e. The molecule has 0 spiro atoms. The molecule has 0 aliphatic carbocycles. The molecule has 1 saturated heterocycles. The standard InChI is InChI=1S/C15H31NO4/c1-15(2,3)16-11-13-5-6-14(20-13)12-19-10-9-18-8-7-17-4/h13-14,16H,5-12H2,1-4H3. The molecule has 1 rings (SSSR count). The average Bonchev–Trinajstić information content (AvgIpc) is 2.82. The molecule has 5 nitrogen and oxygen atoms in total. The SMILES string of the molecule is COCCOCCOCC1CCC(CNC(C)(C)C)O1. The molecule has 1 N–H and O–H groups in total. The first-order chi connectivity index (χ1) is 9.51. The topological polar surface area (TPSA) is 49.0 Å². The van der Waals surface area contributed by atoms with Crippen LogP contribution in [0.1, 0.15) is 33.6 Å². The third kappa shape index (κ3) is 8.87. The minimum atomic E-state index is 0.150. The van der Waals surface area contributed by atoms with Gasteiger partial charge in [-0.3, -0.25) is 0 Å². The summed E-state index contributed by atoms with van der Waals surface area (Å²) >= 11 is 0. The van der Waals surface area contributed by atoms with Crippen LogP contribution in [0.2, 0.25) is 0 Å². The van der Waals surface area contributed by atoms with Crippen LogP contribution in [0.4, 0.5) is 0 Å². The molecule has 1 heterocycles. The summed E-state index contributed by atoms with van der Waals surface area (Å²) in [5.41, 5.74) is 0.150. The van der Waals surface area contributed by atoms with Gasteiger partial charge in [-0.15, -0.1) is 0 Å². The van der Waals surface area contributed by atoms with Gasteiger partial charge in [0, 0.05) is 19.2 Å². The molecule has 0 bridgehead atoms. The highest BCUT2D eigenvalue weighted by Crippen LogP contribution is 2.20. The van der Waals surface area contributed by atoms with Gasteiger partial charge in [-0.25, -0.2) is 0 Å². The second-order valence-electron chi connectivity index (χ2n) is 6.27. The first-order valence-corrected chi connectivity index (χ1v) is 7.56. The van der Waals surface area contributed by atoms with Crippen molar-refractivity contribution in [1.29, 1.82) is 0 Å². The summed E-state index contributed by atoms with van der Waals surface area (Å²) in [6.07, 6.45) is 2.75. The van der Waals surface area contributed by atoms with Crippen LogP contribution < -0.4 is 5.32 Å². The van der Waals surface area contributed by atoms with E-state index in [0.29, 0.717) is 39.1 Å². The quantitative estimate of drug-likeness (QED) is 0.619. The zero-order valence-corrected chi connectivity index (χ0v) is 13.4. The summed E-state index contributed by atoms with van der Waals surface area (Å²) < 4.78 is 21.8. The lowest BCUT2D eigenvalue weighted by atomic mass is 10.1. The van der Waals surface area contributed by atoms with Crippen molar-refractivity contribution in [2.75, 3.05) is 46.7 Å². The van der Waals surface area contributed by atoms with Crippen LogP contribution in [0.3, 0.4) is 0 Å². The second kappa shape index (κ2) is 9.68. The van der Waals surface area contributed by atoms with E-state index < -0.39 is 0 Å².